The fraction of sp³-hybridized carbons (Fsp3) is 1.00. The Bertz CT molecular complexity index is 135. The number of rotatable bonds is 3. The highest BCUT2D eigenvalue weighted by Crippen LogP contribution is 2.24. The van der Waals surface area contributed by atoms with Gasteiger partial charge in [-0.25, -0.2) is 0 Å². The maximum atomic E-state index is 5.73. The van der Waals surface area contributed by atoms with Gasteiger partial charge in [0.05, 0.1) is 0 Å². The summed E-state index contributed by atoms with van der Waals surface area (Å²) in [6.07, 6.45) is 6.69. The fourth-order valence-corrected chi connectivity index (χ4v) is 2.03. The Kier molecular flexibility index (Phi) is 4.20. The lowest BCUT2D eigenvalue weighted by Gasteiger charge is -2.28. The van der Waals surface area contributed by atoms with Gasteiger partial charge in [-0.05, 0) is 37.8 Å². The van der Waals surface area contributed by atoms with Crippen molar-refractivity contribution in [1.82, 2.24) is 5.32 Å². The maximum absolute atomic E-state index is 5.73. The lowest BCUT2D eigenvalue weighted by molar-refractivity contribution is 0.285. The van der Waals surface area contributed by atoms with E-state index < -0.39 is 0 Å². The van der Waals surface area contributed by atoms with Crippen molar-refractivity contribution < 1.29 is 0 Å². The smallest absolute Gasteiger partial charge is 0.00726 e. The van der Waals surface area contributed by atoms with E-state index in [1.165, 1.54) is 38.6 Å². The topological polar surface area (TPSA) is 38.0 Å². The predicted octanol–water partition coefficient (Wildman–Crippen LogP) is 1.89. The molecule has 1 heterocycles. The Morgan fingerprint density at radius 2 is 2.08 bits per heavy atom. The van der Waals surface area contributed by atoms with Crippen LogP contribution >= 0.6 is 0 Å². The van der Waals surface area contributed by atoms with E-state index in [0.717, 1.165) is 6.54 Å². The summed E-state index contributed by atoms with van der Waals surface area (Å²) in [6.45, 7) is 6.52. The Balaban J connectivity index is 2.33. The van der Waals surface area contributed by atoms with Gasteiger partial charge in [-0.2, -0.15) is 0 Å². The average molecular weight is 184 g/mol. The van der Waals surface area contributed by atoms with Crippen LogP contribution in [0, 0.1) is 5.41 Å². The van der Waals surface area contributed by atoms with Crippen LogP contribution < -0.4 is 11.1 Å². The van der Waals surface area contributed by atoms with E-state index >= 15 is 0 Å². The zero-order valence-electron chi connectivity index (χ0n) is 9.10. The number of nitrogens with two attached hydrogens (primary N) is 1. The van der Waals surface area contributed by atoms with Crippen LogP contribution in [0.15, 0.2) is 0 Å². The summed E-state index contributed by atoms with van der Waals surface area (Å²) in [7, 11) is 0. The molecule has 0 radical (unpaired) electrons. The highest BCUT2D eigenvalue weighted by atomic mass is 14.9. The number of hydrogen-bond donors (Lipinski definition) is 2. The van der Waals surface area contributed by atoms with E-state index in [2.05, 4.69) is 19.2 Å². The Labute approximate surface area is 82.3 Å². The van der Waals surface area contributed by atoms with Crippen molar-refractivity contribution in [3.8, 4) is 0 Å². The Morgan fingerprint density at radius 1 is 1.31 bits per heavy atom. The highest BCUT2D eigenvalue weighted by Gasteiger charge is 2.22. The van der Waals surface area contributed by atoms with Gasteiger partial charge in [-0.3, -0.25) is 0 Å². The standard InChI is InChI=1S/C11H24N2/c1-11(2,9-12)8-10-6-4-3-5-7-13-10/h10,13H,3-9,12H2,1-2H3. The molecule has 0 saturated carbocycles. The van der Waals surface area contributed by atoms with Crippen molar-refractivity contribution in [1.29, 1.82) is 0 Å². The molecule has 0 spiro atoms. The largest absolute Gasteiger partial charge is 0.330 e. The van der Waals surface area contributed by atoms with Crippen molar-refractivity contribution in [3.63, 3.8) is 0 Å². The molecule has 2 heteroatoms. The van der Waals surface area contributed by atoms with Gasteiger partial charge in [0.15, 0.2) is 0 Å². The van der Waals surface area contributed by atoms with Gasteiger partial charge in [0, 0.05) is 6.04 Å². The maximum Gasteiger partial charge on any atom is 0.00726 e. The van der Waals surface area contributed by atoms with E-state index in [1.807, 2.05) is 0 Å². The van der Waals surface area contributed by atoms with Crippen LogP contribution in [-0.4, -0.2) is 19.1 Å². The van der Waals surface area contributed by atoms with Crippen molar-refractivity contribution >= 4 is 0 Å². The molecule has 13 heavy (non-hydrogen) atoms. The quantitative estimate of drug-likeness (QED) is 0.703. The molecule has 1 aliphatic rings. The fourth-order valence-electron chi connectivity index (χ4n) is 2.03. The molecule has 1 rings (SSSR count). The van der Waals surface area contributed by atoms with Gasteiger partial charge in [0.1, 0.15) is 0 Å². The van der Waals surface area contributed by atoms with Gasteiger partial charge < -0.3 is 11.1 Å². The first-order chi connectivity index (χ1) is 6.14. The summed E-state index contributed by atoms with van der Waals surface area (Å²) in [6, 6.07) is 0.709. The van der Waals surface area contributed by atoms with Gasteiger partial charge in [-0.15, -0.1) is 0 Å². The van der Waals surface area contributed by atoms with Gasteiger partial charge in [0.2, 0.25) is 0 Å². The molecule has 2 nitrogen and oxygen atoms in total. The average Bonchev–Trinajstić information content (AvgIpc) is 2.32. The second-order valence-corrected chi connectivity index (χ2v) is 5.07. The number of hydrogen-bond acceptors (Lipinski definition) is 2. The molecular formula is C11H24N2. The molecule has 0 aromatic heterocycles. The Morgan fingerprint density at radius 3 is 2.77 bits per heavy atom. The van der Waals surface area contributed by atoms with E-state index in [1.54, 1.807) is 0 Å². The van der Waals surface area contributed by atoms with Crippen LogP contribution in [0.4, 0.5) is 0 Å². The Hall–Kier alpha value is -0.0800. The highest BCUT2D eigenvalue weighted by molar-refractivity contribution is 4.79. The number of nitrogens with one attached hydrogen (secondary N) is 1. The molecule has 0 aliphatic carbocycles. The van der Waals surface area contributed by atoms with Crippen molar-refractivity contribution in [3.05, 3.63) is 0 Å². The molecule has 3 N–H and O–H groups in total. The van der Waals surface area contributed by atoms with Gasteiger partial charge in [0.25, 0.3) is 0 Å². The first kappa shape index (κ1) is 11.0. The normalized spacial score (nSPS) is 25.6. The van der Waals surface area contributed by atoms with Crippen LogP contribution in [0.3, 0.4) is 0 Å². The molecule has 0 aromatic rings. The van der Waals surface area contributed by atoms with Crippen LogP contribution in [0.25, 0.3) is 0 Å². The molecule has 1 fully saturated rings. The first-order valence-electron chi connectivity index (χ1n) is 5.57. The molecule has 0 bridgehead atoms. The van der Waals surface area contributed by atoms with E-state index in [0.29, 0.717) is 11.5 Å². The summed E-state index contributed by atoms with van der Waals surface area (Å²) in [5.74, 6) is 0. The monoisotopic (exact) mass is 184 g/mol. The SMILES string of the molecule is CC(C)(CN)CC1CCCCCN1. The molecule has 1 unspecified atom stereocenters. The molecule has 78 valence electrons. The zero-order chi connectivity index (χ0) is 9.73. The van der Waals surface area contributed by atoms with E-state index in [4.69, 9.17) is 5.73 Å². The minimum absolute atomic E-state index is 0.308. The first-order valence-corrected chi connectivity index (χ1v) is 5.57. The second-order valence-electron chi connectivity index (χ2n) is 5.07. The molecule has 1 atom stereocenters. The van der Waals surface area contributed by atoms with Crippen molar-refractivity contribution in [2.45, 2.75) is 52.0 Å². The minimum atomic E-state index is 0.308. The summed E-state index contributed by atoms with van der Waals surface area (Å²) in [5.41, 5.74) is 6.04. The van der Waals surface area contributed by atoms with Crippen molar-refractivity contribution in [2.75, 3.05) is 13.1 Å². The van der Waals surface area contributed by atoms with Crippen molar-refractivity contribution in [2.24, 2.45) is 11.1 Å². The molecule has 0 amide bonds. The second kappa shape index (κ2) is 4.97. The molecule has 0 aromatic carbocycles. The van der Waals surface area contributed by atoms with Crippen LogP contribution in [-0.2, 0) is 0 Å². The predicted molar refractivity (Wildman–Crippen MR) is 57.7 cm³/mol. The molecular weight excluding hydrogens is 160 g/mol. The lowest BCUT2D eigenvalue weighted by Crippen LogP contribution is -2.36. The summed E-state index contributed by atoms with van der Waals surface area (Å²) < 4.78 is 0. The van der Waals surface area contributed by atoms with Gasteiger partial charge in [-0.1, -0.05) is 26.7 Å². The summed E-state index contributed by atoms with van der Waals surface area (Å²) in [5, 5.41) is 3.62. The zero-order valence-corrected chi connectivity index (χ0v) is 9.10. The third-order valence-corrected chi connectivity index (χ3v) is 3.01. The third kappa shape index (κ3) is 4.10. The van der Waals surface area contributed by atoms with E-state index in [9.17, 15) is 0 Å². The summed E-state index contributed by atoms with van der Waals surface area (Å²) >= 11 is 0. The third-order valence-electron chi connectivity index (χ3n) is 3.01. The molecule has 1 aliphatic heterocycles. The van der Waals surface area contributed by atoms with Gasteiger partial charge >= 0.3 is 0 Å². The van der Waals surface area contributed by atoms with Crippen LogP contribution in [0.1, 0.15) is 46.0 Å². The minimum Gasteiger partial charge on any atom is -0.330 e. The molecule has 1 saturated heterocycles. The van der Waals surface area contributed by atoms with Crippen LogP contribution in [0.2, 0.25) is 0 Å². The van der Waals surface area contributed by atoms with E-state index in [-0.39, 0.29) is 0 Å². The van der Waals surface area contributed by atoms with Crippen LogP contribution in [0.5, 0.6) is 0 Å². The summed E-state index contributed by atoms with van der Waals surface area (Å²) in [4.78, 5) is 0. The lowest BCUT2D eigenvalue weighted by atomic mass is 9.84.